The molecule has 3 aliphatic rings. The Labute approximate surface area is 216 Å². The van der Waals surface area contributed by atoms with Crippen molar-refractivity contribution < 1.29 is 63.7 Å². The molecule has 4 N–H and O–H groups in total. The molecule has 1 unspecified atom stereocenters. The SMILES string of the molecule is Nc1nc(/C(=N/O)C(=O)NC2C(=O)N3C(C(=O)[O-])=C(SC4COCOC4)CS[C@@H]23)cs1.[Na+]. The molecule has 0 aliphatic carbocycles. The Morgan fingerprint density at radius 3 is 2.72 bits per heavy atom. The van der Waals surface area contributed by atoms with Crippen LogP contribution in [0.1, 0.15) is 5.69 Å². The normalized spacial score (nSPS) is 23.8. The van der Waals surface area contributed by atoms with Crippen molar-refractivity contribution in [3.63, 3.8) is 0 Å². The number of nitrogens with one attached hydrogen (secondary N) is 1. The van der Waals surface area contributed by atoms with Crippen LogP contribution in [0.3, 0.4) is 0 Å². The number of thiazole rings is 1. The third-order valence-corrected chi connectivity index (χ3v) is 7.94. The maximum Gasteiger partial charge on any atom is 1.00 e. The first-order valence-electron chi connectivity index (χ1n) is 8.86. The summed E-state index contributed by atoms with van der Waals surface area (Å²) in [6.45, 7) is 0.998. The predicted molar refractivity (Wildman–Crippen MR) is 110 cm³/mol. The summed E-state index contributed by atoms with van der Waals surface area (Å²) < 4.78 is 10.5. The number of carboxylic acids is 1. The van der Waals surface area contributed by atoms with Crippen LogP contribution in [0.4, 0.5) is 5.13 Å². The van der Waals surface area contributed by atoms with Crippen LogP contribution >= 0.6 is 34.9 Å². The van der Waals surface area contributed by atoms with Crippen LogP contribution in [0.25, 0.3) is 0 Å². The van der Waals surface area contributed by atoms with E-state index in [9.17, 15) is 24.7 Å². The molecule has 4 rings (SSSR count). The number of oxime groups is 1. The summed E-state index contributed by atoms with van der Waals surface area (Å²) in [6, 6.07) is -0.993. The summed E-state index contributed by atoms with van der Waals surface area (Å²) in [7, 11) is 0. The number of carboxylic acid groups (broad SMARTS) is 1. The van der Waals surface area contributed by atoms with Crippen molar-refractivity contribution in [2.24, 2.45) is 5.16 Å². The second-order valence-corrected chi connectivity index (χ2v) is 9.93. The zero-order valence-corrected chi connectivity index (χ0v) is 21.1. The molecule has 0 saturated carbocycles. The molecule has 3 aliphatic heterocycles. The number of hydrogen-bond donors (Lipinski definition) is 3. The van der Waals surface area contributed by atoms with Crippen LogP contribution in [0.15, 0.2) is 21.1 Å². The van der Waals surface area contributed by atoms with Gasteiger partial charge in [0.15, 0.2) is 10.8 Å². The second-order valence-electron chi connectivity index (χ2n) is 6.54. The molecule has 0 bridgehead atoms. The molecule has 2 amide bonds. The maximum atomic E-state index is 12.7. The van der Waals surface area contributed by atoms with Crippen LogP contribution in [0, 0.1) is 0 Å². The minimum Gasteiger partial charge on any atom is -0.543 e. The maximum absolute atomic E-state index is 12.7. The van der Waals surface area contributed by atoms with Gasteiger partial charge < -0.3 is 35.6 Å². The van der Waals surface area contributed by atoms with E-state index in [0.717, 1.165) is 16.2 Å². The number of carbonyl (C=O) groups excluding carboxylic acids is 3. The summed E-state index contributed by atoms with van der Waals surface area (Å²) in [5, 5.41) is 27.3. The zero-order valence-electron chi connectivity index (χ0n) is 16.7. The molecule has 2 fully saturated rings. The van der Waals surface area contributed by atoms with E-state index in [2.05, 4.69) is 15.5 Å². The number of nitrogens with zero attached hydrogens (tertiary/aromatic N) is 3. The Morgan fingerprint density at radius 1 is 1.41 bits per heavy atom. The number of hydrogen-bond acceptors (Lipinski definition) is 13. The number of carbonyl (C=O) groups is 3. The van der Waals surface area contributed by atoms with Crippen LogP contribution in [0.5, 0.6) is 0 Å². The third-order valence-electron chi connectivity index (χ3n) is 4.58. The molecule has 2 atom stereocenters. The minimum atomic E-state index is -1.47. The first-order chi connectivity index (χ1) is 14.9. The Kier molecular flexibility index (Phi) is 8.48. The Bertz CT molecular complexity index is 981. The fraction of sp³-hybridized carbons (Fsp3) is 0.438. The van der Waals surface area contributed by atoms with Crippen molar-refractivity contribution in [2.45, 2.75) is 16.7 Å². The number of nitrogen functional groups attached to an aromatic ring is 1. The monoisotopic (exact) mass is 509 g/mol. The topological polar surface area (TPSA) is 179 Å². The van der Waals surface area contributed by atoms with E-state index in [4.69, 9.17) is 15.2 Å². The molecule has 0 aromatic carbocycles. The summed E-state index contributed by atoms with van der Waals surface area (Å²) >= 11 is 3.64. The van der Waals surface area contributed by atoms with Gasteiger partial charge in [0, 0.05) is 16.0 Å². The second kappa shape index (κ2) is 10.7. The van der Waals surface area contributed by atoms with Crippen molar-refractivity contribution in [1.82, 2.24) is 15.2 Å². The fourth-order valence-corrected chi connectivity index (χ4v) is 6.47. The van der Waals surface area contributed by atoms with Gasteiger partial charge in [-0.15, -0.1) is 34.9 Å². The molecule has 1 aromatic heterocycles. The van der Waals surface area contributed by atoms with Crippen LogP contribution < -0.4 is 45.7 Å². The summed E-state index contributed by atoms with van der Waals surface area (Å²) in [4.78, 5) is 42.5. The largest absolute Gasteiger partial charge is 1.00 e. The van der Waals surface area contributed by atoms with E-state index >= 15 is 0 Å². The van der Waals surface area contributed by atoms with Crippen molar-refractivity contribution >= 4 is 63.5 Å². The Hall–Kier alpha value is -1.33. The van der Waals surface area contributed by atoms with Gasteiger partial charge in [-0.3, -0.25) is 14.5 Å². The Balaban J connectivity index is 0.00000289. The van der Waals surface area contributed by atoms with Crippen LogP contribution in [-0.4, -0.2) is 81.0 Å². The zero-order chi connectivity index (χ0) is 22.1. The standard InChI is InChI=1S/C16H17N5O7S3.Na/c17-16-18-7(3-30-16)9(20-26)12(22)19-10-13(23)21-11(15(24)25)8(4-29-14(10)21)31-6-1-27-5-28-2-6;/h3,6,10,14,26H,1-2,4-5H2,(H2,17,18)(H,19,22)(H,24,25);/q;+1/p-1/b20-9-;/t10?,14-;/m0./s1. The molecule has 32 heavy (non-hydrogen) atoms. The van der Waals surface area contributed by atoms with Gasteiger partial charge in [0.05, 0.1) is 30.1 Å². The number of nitrogens with two attached hydrogens (primary N) is 1. The van der Waals surface area contributed by atoms with Gasteiger partial charge in [0.2, 0.25) is 0 Å². The molecule has 12 nitrogen and oxygen atoms in total. The molecular formula is C16H16N5NaO7S3. The number of ether oxygens (including phenoxy) is 2. The molecule has 16 heteroatoms. The molecular weight excluding hydrogens is 493 g/mol. The van der Waals surface area contributed by atoms with Gasteiger partial charge >= 0.3 is 29.6 Å². The van der Waals surface area contributed by atoms with Crippen molar-refractivity contribution in [1.29, 1.82) is 0 Å². The van der Waals surface area contributed by atoms with Gasteiger partial charge in [-0.05, 0) is 0 Å². The quantitative estimate of drug-likeness (QED) is 0.110. The van der Waals surface area contributed by atoms with E-state index < -0.39 is 34.9 Å². The molecule has 4 heterocycles. The van der Waals surface area contributed by atoms with E-state index in [-0.39, 0.29) is 58.1 Å². The molecule has 1 aromatic rings. The van der Waals surface area contributed by atoms with Crippen LogP contribution in [0.2, 0.25) is 0 Å². The Morgan fingerprint density at radius 2 is 2.12 bits per heavy atom. The molecule has 0 radical (unpaired) electrons. The van der Waals surface area contributed by atoms with Gasteiger partial charge in [0.1, 0.15) is 23.9 Å². The smallest absolute Gasteiger partial charge is 0.543 e. The predicted octanol–water partition coefficient (Wildman–Crippen LogP) is -4.62. The first-order valence-corrected chi connectivity index (χ1v) is 11.7. The molecule has 166 valence electrons. The van der Waals surface area contributed by atoms with E-state index in [1.54, 1.807) is 0 Å². The number of thioether (sulfide) groups is 2. The first kappa shape index (κ1) is 25.3. The summed E-state index contributed by atoms with van der Waals surface area (Å²) in [5.41, 5.74) is 4.99. The number of amides is 2. The number of β-lactam (4-membered cyclic amide) rings is 1. The molecule has 2 saturated heterocycles. The number of aliphatic carboxylic acids is 1. The average Bonchev–Trinajstić information content (AvgIpc) is 3.18. The van der Waals surface area contributed by atoms with E-state index in [1.165, 1.54) is 28.9 Å². The van der Waals surface area contributed by atoms with Gasteiger partial charge in [-0.2, -0.15) is 0 Å². The van der Waals surface area contributed by atoms with Crippen molar-refractivity contribution in [2.75, 3.05) is 31.5 Å². The number of anilines is 1. The van der Waals surface area contributed by atoms with Crippen molar-refractivity contribution in [3.05, 3.63) is 21.7 Å². The number of aromatic nitrogens is 1. The minimum absolute atomic E-state index is 0. The number of fused-ring (bicyclic) bond motifs is 1. The van der Waals surface area contributed by atoms with Gasteiger partial charge in [0.25, 0.3) is 11.8 Å². The van der Waals surface area contributed by atoms with E-state index in [1.807, 2.05) is 0 Å². The van der Waals surface area contributed by atoms with Crippen LogP contribution in [-0.2, 0) is 23.9 Å². The molecule has 0 spiro atoms. The summed E-state index contributed by atoms with van der Waals surface area (Å²) in [6.07, 6.45) is 0. The summed E-state index contributed by atoms with van der Waals surface area (Å²) in [5.74, 6) is -2.59. The fourth-order valence-electron chi connectivity index (χ4n) is 3.23. The third kappa shape index (κ3) is 4.94. The van der Waals surface area contributed by atoms with Gasteiger partial charge in [-0.25, -0.2) is 4.98 Å². The van der Waals surface area contributed by atoms with Crippen molar-refractivity contribution in [3.8, 4) is 0 Å². The van der Waals surface area contributed by atoms with E-state index in [0.29, 0.717) is 23.9 Å². The number of rotatable bonds is 6. The average molecular weight is 510 g/mol. The van der Waals surface area contributed by atoms with Gasteiger partial charge in [-0.1, -0.05) is 5.16 Å².